The first-order valence-electron chi connectivity index (χ1n) is 5.94. The monoisotopic (exact) mass is 390 g/mol. The average molecular weight is 392 g/mol. The molecule has 6 heteroatoms. The van der Waals surface area contributed by atoms with Gasteiger partial charge >= 0.3 is 0 Å². The molecule has 0 saturated heterocycles. The van der Waals surface area contributed by atoms with E-state index in [0.717, 1.165) is 20.3 Å². The van der Waals surface area contributed by atoms with Gasteiger partial charge in [-0.2, -0.15) is 0 Å². The van der Waals surface area contributed by atoms with Crippen molar-refractivity contribution in [2.45, 2.75) is 36.1 Å². The molecule has 0 atom stereocenters. The number of aromatic nitrogens is 2. The molecule has 0 aliphatic rings. The predicted molar refractivity (Wildman–Crippen MR) is 89.0 cm³/mol. The highest BCUT2D eigenvalue weighted by molar-refractivity contribution is 9.10. The van der Waals surface area contributed by atoms with Crippen LogP contribution in [0.4, 0.5) is 0 Å². The molecule has 0 N–H and O–H groups in total. The number of hydrogen-bond acceptors (Lipinski definition) is 3. The molecule has 2 rings (SSSR count). The van der Waals surface area contributed by atoms with Crippen molar-refractivity contribution in [1.82, 2.24) is 9.97 Å². The van der Waals surface area contributed by atoms with Gasteiger partial charge in [-0.3, -0.25) is 0 Å². The van der Waals surface area contributed by atoms with Gasteiger partial charge in [0.05, 0.1) is 5.02 Å². The van der Waals surface area contributed by atoms with Crippen LogP contribution < -0.4 is 0 Å². The van der Waals surface area contributed by atoms with Gasteiger partial charge in [0.25, 0.3) is 0 Å². The molecular formula is C14H13BrCl2N2S. The highest BCUT2D eigenvalue weighted by Crippen LogP contribution is 2.35. The molecule has 1 aromatic carbocycles. The Morgan fingerprint density at radius 1 is 1.10 bits per heavy atom. The summed E-state index contributed by atoms with van der Waals surface area (Å²) < 4.78 is 0.762. The van der Waals surface area contributed by atoms with Crippen LogP contribution in [0.1, 0.15) is 26.6 Å². The molecule has 1 aromatic heterocycles. The molecule has 20 heavy (non-hydrogen) atoms. The molecule has 0 aliphatic carbocycles. The minimum atomic E-state index is -0.114. The second-order valence-corrected chi connectivity index (χ2v) is 8.00. The van der Waals surface area contributed by atoms with E-state index < -0.39 is 0 Å². The smallest absolute Gasteiger partial charge is 0.136 e. The second-order valence-electron chi connectivity index (χ2n) is 5.28. The van der Waals surface area contributed by atoms with E-state index in [2.05, 4.69) is 46.7 Å². The Labute approximate surface area is 141 Å². The zero-order chi connectivity index (χ0) is 14.9. The fourth-order valence-electron chi connectivity index (χ4n) is 1.45. The lowest BCUT2D eigenvalue weighted by Gasteiger charge is -2.17. The maximum Gasteiger partial charge on any atom is 0.136 e. The summed E-state index contributed by atoms with van der Waals surface area (Å²) in [6.07, 6.45) is 0. The van der Waals surface area contributed by atoms with E-state index in [1.165, 1.54) is 11.8 Å². The Kier molecular flexibility index (Phi) is 5.00. The number of nitrogens with zero attached hydrogens (tertiary/aromatic N) is 2. The van der Waals surface area contributed by atoms with Gasteiger partial charge < -0.3 is 0 Å². The standard InChI is InChI=1S/C14H13BrCl2N2S/c1-14(2,3)13-18-11(15)7-12(19-13)20-10-6-8(16)4-5-9(10)17/h4-7H,1-3H3. The maximum atomic E-state index is 6.18. The van der Waals surface area contributed by atoms with Crippen LogP contribution in [0.5, 0.6) is 0 Å². The van der Waals surface area contributed by atoms with Crippen LogP contribution in [-0.2, 0) is 5.41 Å². The first-order valence-corrected chi connectivity index (χ1v) is 8.30. The third-order valence-corrected chi connectivity index (χ3v) is 4.51. The summed E-state index contributed by atoms with van der Waals surface area (Å²) in [6.45, 7) is 6.24. The highest BCUT2D eigenvalue weighted by Gasteiger charge is 2.19. The fraction of sp³-hybridized carbons (Fsp3) is 0.286. The Morgan fingerprint density at radius 3 is 2.45 bits per heavy atom. The third kappa shape index (κ3) is 4.10. The predicted octanol–water partition coefficient (Wildman–Crippen LogP) is 5.99. The van der Waals surface area contributed by atoms with Crippen molar-refractivity contribution < 1.29 is 0 Å². The Hall–Kier alpha value is -0.290. The van der Waals surface area contributed by atoms with E-state index in [4.69, 9.17) is 23.2 Å². The molecule has 0 unspecified atom stereocenters. The van der Waals surface area contributed by atoms with Gasteiger partial charge in [0.2, 0.25) is 0 Å². The summed E-state index contributed by atoms with van der Waals surface area (Å²) in [5.41, 5.74) is -0.114. The van der Waals surface area contributed by atoms with Crippen LogP contribution in [0.15, 0.2) is 38.8 Å². The van der Waals surface area contributed by atoms with Gasteiger partial charge in [-0.1, -0.05) is 55.7 Å². The van der Waals surface area contributed by atoms with E-state index >= 15 is 0 Å². The molecule has 1 heterocycles. The summed E-state index contributed by atoms with van der Waals surface area (Å²) in [5, 5.41) is 2.15. The Bertz CT molecular complexity index is 642. The number of hydrogen-bond donors (Lipinski definition) is 0. The van der Waals surface area contributed by atoms with Gasteiger partial charge in [-0.05, 0) is 34.1 Å². The molecule has 0 radical (unpaired) electrons. The van der Waals surface area contributed by atoms with E-state index in [1.54, 1.807) is 12.1 Å². The van der Waals surface area contributed by atoms with Gasteiger partial charge in [-0.25, -0.2) is 9.97 Å². The number of benzene rings is 1. The van der Waals surface area contributed by atoms with Crippen molar-refractivity contribution in [2.24, 2.45) is 0 Å². The molecule has 0 saturated carbocycles. The molecular weight excluding hydrogens is 379 g/mol. The normalized spacial score (nSPS) is 11.7. The minimum absolute atomic E-state index is 0.114. The molecule has 0 fully saturated rings. The van der Waals surface area contributed by atoms with Gasteiger partial charge in [0, 0.05) is 21.4 Å². The molecule has 2 aromatic rings. The first kappa shape index (κ1) is 16.1. The Balaban J connectivity index is 2.39. The lowest BCUT2D eigenvalue weighted by Crippen LogP contribution is -2.16. The van der Waals surface area contributed by atoms with E-state index in [0.29, 0.717) is 10.0 Å². The summed E-state index contributed by atoms with van der Waals surface area (Å²) >= 11 is 17.1. The van der Waals surface area contributed by atoms with Crippen LogP contribution in [0.25, 0.3) is 0 Å². The lowest BCUT2D eigenvalue weighted by atomic mass is 9.96. The molecule has 0 spiro atoms. The van der Waals surface area contributed by atoms with Crippen LogP contribution in [-0.4, -0.2) is 9.97 Å². The Morgan fingerprint density at radius 2 is 1.80 bits per heavy atom. The summed E-state index contributed by atoms with van der Waals surface area (Å²) in [6, 6.07) is 7.26. The van der Waals surface area contributed by atoms with Crippen molar-refractivity contribution in [3.63, 3.8) is 0 Å². The summed E-state index contributed by atoms with van der Waals surface area (Å²) in [7, 11) is 0. The zero-order valence-corrected chi connectivity index (χ0v) is 15.2. The first-order chi connectivity index (χ1) is 9.25. The van der Waals surface area contributed by atoms with Crippen molar-refractivity contribution >= 4 is 50.9 Å². The highest BCUT2D eigenvalue weighted by atomic mass is 79.9. The van der Waals surface area contributed by atoms with Gasteiger partial charge in [0.1, 0.15) is 15.5 Å². The van der Waals surface area contributed by atoms with Crippen molar-refractivity contribution in [2.75, 3.05) is 0 Å². The summed E-state index contributed by atoms with van der Waals surface area (Å²) in [5.74, 6) is 0.785. The van der Waals surface area contributed by atoms with Crippen molar-refractivity contribution in [1.29, 1.82) is 0 Å². The topological polar surface area (TPSA) is 25.8 Å². The fourth-order valence-corrected chi connectivity index (χ4v) is 3.34. The SMILES string of the molecule is CC(C)(C)c1nc(Br)cc(Sc2cc(Cl)ccc2Cl)n1. The van der Waals surface area contributed by atoms with E-state index in [1.807, 2.05) is 12.1 Å². The lowest BCUT2D eigenvalue weighted by molar-refractivity contribution is 0.536. The van der Waals surface area contributed by atoms with Crippen molar-refractivity contribution in [3.05, 3.63) is 44.7 Å². The van der Waals surface area contributed by atoms with Gasteiger partial charge in [-0.15, -0.1) is 0 Å². The van der Waals surface area contributed by atoms with Crippen LogP contribution in [0, 0.1) is 0 Å². The summed E-state index contributed by atoms with van der Waals surface area (Å²) in [4.78, 5) is 9.89. The van der Waals surface area contributed by atoms with Gasteiger partial charge in [0.15, 0.2) is 0 Å². The van der Waals surface area contributed by atoms with Crippen LogP contribution in [0.2, 0.25) is 10.0 Å². The zero-order valence-electron chi connectivity index (χ0n) is 11.2. The average Bonchev–Trinajstić information content (AvgIpc) is 2.32. The van der Waals surface area contributed by atoms with Crippen molar-refractivity contribution in [3.8, 4) is 0 Å². The largest absolute Gasteiger partial charge is 0.226 e. The van der Waals surface area contributed by atoms with E-state index in [9.17, 15) is 0 Å². The molecule has 0 amide bonds. The molecule has 0 bridgehead atoms. The molecule has 2 nitrogen and oxygen atoms in total. The molecule has 106 valence electrons. The quantitative estimate of drug-likeness (QED) is 0.587. The van der Waals surface area contributed by atoms with Crippen LogP contribution in [0.3, 0.4) is 0 Å². The number of halogens is 3. The third-order valence-electron chi connectivity index (χ3n) is 2.45. The van der Waals surface area contributed by atoms with Crippen LogP contribution >= 0.6 is 50.9 Å². The van der Waals surface area contributed by atoms with E-state index in [-0.39, 0.29) is 5.41 Å². The molecule has 0 aliphatic heterocycles. The number of rotatable bonds is 2. The maximum absolute atomic E-state index is 6.18. The minimum Gasteiger partial charge on any atom is -0.226 e. The second kappa shape index (κ2) is 6.22.